The monoisotopic (exact) mass is 226 g/mol. The lowest BCUT2D eigenvalue weighted by Crippen LogP contribution is -1.96. The van der Waals surface area contributed by atoms with Crippen LogP contribution < -0.4 is 0 Å². The molecule has 1 saturated carbocycles. The van der Waals surface area contributed by atoms with Gasteiger partial charge in [-0.2, -0.15) is 0 Å². The Morgan fingerprint density at radius 1 is 1.33 bits per heavy atom. The van der Waals surface area contributed by atoms with Crippen molar-refractivity contribution in [2.24, 2.45) is 0 Å². The maximum absolute atomic E-state index is 4.13. The average Bonchev–Trinajstić information content (AvgIpc) is 2.57. The van der Waals surface area contributed by atoms with Gasteiger partial charge < -0.3 is 0 Å². The molecular formula is C9H11BrN2. The van der Waals surface area contributed by atoms with E-state index in [9.17, 15) is 0 Å². The minimum absolute atomic E-state index is 0.695. The third-order valence-electron chi connectivity index (χ3n) is 2.48. The second-order valence-electron chi connectivity index (χ2n) is 3.25. The predicted molar refractivity (Wildman–Crippen MR) is 50.9 cm³/mol. The quantitative estimate of drug-likeness (QED) is 0.689. The van der Waals surface area contributed by atoms with Gasteiger partial charge in [0.15, 0.2) is 0 Å². The lowest BCUT2D eigenvalue weighted by molar-refractivity contribution is 0.708. The highest BCUT2D eigenvalue weighted by Crippen LogP contribution is 2.36. The third-order valence-corrected chi connectivity index (χ3v) is 3.15. The largest absolute Gasteiger partial charge is 0.244 e. The molecule has 0 unspecified atom stereocenters. The molecule has 0 atom stereocenters. The number of halogens is 1. The molecule has 1 heterocycles. The summed E-state index contributed by atoms with van der Waals surface area (Å²) in [6, 6.07) is 0. The zero-order chi connectivity index (χ0) is 8.39. The molecule has 2 nitrogen and oxygen atoms in total. The van der Waals surface area contributed by atoms with Gasteiger partial charge in [-0.15, -0.1) is 0 Å². The van der Waals surface area contributed by atoms with Crippen molar-refractivity contribution in [3.05, 3.63) is 22.7 Å². The number of rotatable bonds is 1. The molecule has 1 aromatic heterocycles. The van der Waals surface area contributed by atoms with E-state index in [0.717, 1.165) is 4.60 Å². The van der Waals surface area contributed by atoms with Gasteiger partial charge in [0.2, 0.25) is 0 Å². The van der Waals surface area contributed by atoms with Gasteiger partial charge in [0.25, 0.3) is 0 Å². The Balaban J connectivity index is 2.26. The Hall–Kier alpha value is -0.440. The van der Waals surface area contributed by atoms with Crippen LogP contribution in [0.2, 0.25) is 0 Å². The van der Waals surface area contributed by atoms with Crippen molar-refractivity contribution in [2.45, 2.75) is 31.6 Å². The smallest absolute Gasteiger partial charge is 0.116 e. The SMILES string of the molecule is Brc1ncncc1C1CCCC1. The summed E-state index contributed by atoms with van der Waals surface area (Å²) < 4.78 is 0.976. The molecule has 1 aliphatic carbocycles. The zero-order valence-corrected chi connectivity index (χ0v) is 8.42. The molecule has 1 fully saturated rings. The van der Waals surface area contributed by atoms with Crippen molar-refractivity contribution >= 4 is 15.9 Å². The second-order valence-corrected chi connectivity index (χ2v) is 4.00. The highest BCUT2D eigenvalue weighted by atomic mass is 79.9. The highest BCUT2D eigenvalue weighted by molar-refractivity contribution is 9.10. The van der Waals surface area contributed by atoms with Crippen LogP contribution in [0, 0.1) is 0 Å². The average molecular weight is 227 g/mol. The van der Waals surface area contributed by atoms with Crippen LogP contribution in [0.15, 0.2) is 17.1 Å². The van der Waals surface area contributed by atoms with E-state index >= 15 is 0 Å². The van der Waals surface area contributed by atoms with Crippen LogP contribution in [-0.4, -0.2) is 9.97 Å². The summed E-state index contributed by atoms with van der Waals surface area (Å²) in [5.74, 6) is 0.695. The van der Waals surface area contributed by atoms with E-state index in [1.807, 2.05) is 6.20 Å². The fourth-order valence-corrected chi connectivity index (χ4v) is 2.35. The first-order valence-electron chi connectivity index (χ1n) is 4.33. The van der Waals surface area contributed by atoms with E-state index in [2.05, 4.69) is 25.9 Å². The van der Waals surface area contributed by atoms with Crippen molar-refractivity contribution in [3.8, 4) is 0 Å². The van der Waals surface area contributed by atoms with Crippen LogP contribution in [-0.2, 0) is 0 Å². The molecule has 0 bridgehead atoms. The third kappa shape index (κ3) is 1.51. The van der Waals surface area contributed by atoms with Gasteiger partial charge in [0.1, 0.15) is 10.9 Å². The summed E-state index contributed by atoms with van der Waals surface area (Å²) in [5.41, 5.74) is 1.29. The standard InChI is InChI=1S/C9H11BrN2/c10-9-8(5-11-6-12-9)7-3-1-2-4-7/h5-7H,1-4H2. The van der Waals surface area contributed by atoms with Gasteiger partial charge in [-0.25, -0.2) is 9.97 Å². The molecule has 3 heteroatoms. The lowest BCUT2D eigenvalue weighted by Gasteiger charge is -2.08. The van der Waals surface area contributed by atoms with Gasteiger partial charge in [0.05, 0.1) is 0 Å². The topological polar surface area (TPSA) is 25.8 Å². The van der Waals surface area contributed by atoms with Crippen LogP contribution in [0.4, 0.5) is 0 Å². The molecule has 0 saturated heterocycles. The van der Waals surface area contributed by atoms with E-state index in [1.165, 1.54) is 31.2 Å². The van der Waals surface area contributed by atoms with E-state index in [4.69, 9.17) is 0 Å². The first-order valence-corrected chi connectivity index (χ1v) is 5.12. The van der Waals surface area contributed by atoms with E-state index in [1.54, 1.807) is 6.33 Å². The molecule has 1 aromatic rings. The number of aromatic nitrogens is 2. The molecule has 0 radical (unpaired) electrons. The fraction of sp³-hybridized carbons (Fsp3) is 0.556. The zero-order valence-electron chi connectivity index (χ0n) is 6.83. The van der Waals surface area contributed by atoms with Gasteiger partial charge in [-0.3, -0.25) is 0 Å². The molecule has 2 rings (SSSR count). The van der Waals surface area contributed by atoms with Crippen LogP contribution in [0.25, 0.3) is 0 Å². The Kier molecular flexibility index (Phi) is 2.40. The number of nitrogens with zero attached hydrogens (tertiary/aromatic N) is 2. The van der Waals surface area contributed by atoms with Crippen molar-refractivity contribution in [2.75, 3.05) is 0 Å². The van der Waals surface area contributed by atoms with Crippen molar-refractivity contribution in [1.82, 2.24) is 9.97 Å². The van der Waals surface area contributed by atoms with E-state index < -0.39 is 0 Å². The maximum Gasteiger partial charge on any atom is 0.116 e. The van der Waals surface area contributed by atoms with Crippen molar-refractivity contribution in [1.29, 1.82) is 0 Å². The summed E-state index contributed by atoms with van der Waals surface area (Å²) in [4.78, 5) is 8.18. The van der Waals surface area contributed by atoms with Crippen LogP contribution in [0.3, 0.4) is 0 Å². The van der Waals surface area contributed by atoms with Crippen molar-refractivity contribution < 1.29 is 0 Å². The molecule has 0 aliphatic heterocycles. The Bertz CT molecular complexity index is 269. The first kappa shape index (κ1) is 8.17. The molecule has 1 aliphatic rings. The van der Waals surface area contributed by atoms with E-state index in [-0.39, 0.29) is 0 Å². The molecule has 0 N–H and O–H groups in total. The first-order chi connectivity index (χ1) is 5.88. The normalized spacial score (nSPS) is 18.4. The van der Waals surface area contributed by atoms with Crippen LogP contribution in [0.5, 0.6) is 0 Å². The van der Waals surface area contributed by atoms with E-state index in [0.29, 0.717) is 5.92 Å². The molecule has 64 valence electrons. The predicted octanol–water partition coefficient (Wildman–Crippen LogP) is 2.90. The fourth-order valence-electron chi connectivity index (χ4n) is 1.84. The van der Waals surface area contributed by atoms with Crippen LogP contribution >= 0.6 is 15.9 Å². The molecule has 12 heavy (non-hydrogen) atoms. The van der Waals surface area contributed by atoms with Gasteiger partial charge in [0, 0.05) is 11.8 Å². The van der Waals surface area contributed by atoms with Crippen LogP contribution in [0.1, 0.15) is 37.2 Å². The Morgan fingerprint density at radius 3 is 2.75 bits per heavy atom. The highest BCUT2D eigenvalue weighted by Gasteiger charge is 2.19. The number of hydrogen-bond donors (Lipinski definition) is 0. The molecule has 0 spiro atoms. The molecular weight excluding hydrogens is 216 g/mol. The Morgan fingerprint density at radius 2 is 2.08 bits per heavy atom. The van der Waals surface area contributed by atoms with Gasteiger partial charge >= 0.3 is 0 Å². The summed E-state index contributed by atoms with van der Waals surface area (Å²) in [6.07, 6.45) is 8.82. The van der Waals surface area contributed by atoms with Crippen molar-refractivity contribution in [3.63, 3.8) is 0 Å². The Labute approximate surface area is 80.6 Å². The second kappa shape index (κ2) is 3.52. The summed E-state index contributed by atoms with van der Waals surface area (Å²) in [5, 5.41) is 0. The van der Waals surface area contributed by atoms with Gasteiger partial charge in [-0.1, -0.05) is 12.8 Å². The van der Waals surface area contributed by atoms with Gasteiger partial charge in [-0.05, 0) is 34.7 Å². The minimum atomic E-state index is 0.695. The summed E-state index contributed by atoms with van der Waals surface area (Å²) in [6.45, 7) is 0. The maximum atomic E-state index is 4.13. The lowest BCUT2D eigenvalue weighted by atomic mass is 10.0. The minimum Gasteiger partial charge on any atom is -0.244 e. The summed E-state index contributed by atoms with van der Waals surface area (Å²) in [7, 11) is 0. The number of hydrogen-bond acceptors (Lipinski definition) is 2. The summed E-state index contributed by atoms with van der Waals surface area (Å²) >= 11 is 3.46. The molecule has 0 aromatic carbocycles. The molecule has 0 amide bonds.